The second kappa shape index (κ2) is 13.7. The van der Waals surface area contributed by atoms with Gasteiger partial charge in [0.2, 0.25) is 0 Å². The van der Waals surface area contributed by atoms with Gasteiger partial charge in [-0.3, -0.25) is 9.97 Å². The first-order valence-corrected chi connectivity index (χ1v) is 18.3. The van der Waals surface area contributed by atoms with Gasteiger partial charge < -0.3 is 0 Å². The molecule has 1 aliphatic rings. The molecule has 0 atom stereocenters. The smallest absolute Gasteiger partial charge is 0.0715 e. The number of benzene rings is 5. The summed E-state index contributed by atoms with van der Waals surface area (Å²) in [6.07, 6.45) is 7.51. The molecule has 0 amide bonds. The van der Waals surface area contributed by atoms with Gasteiger partial charge in [0, 0.05) is 58.5 Å². The van der Waals surface area contributed by atoms with E-state index < -0.39 is 0 Å². The molecule has 0 bridgehead atoms. The maximum absolute atomic E-state index is 5.13. The number of fused-ring (bicyclic) bond motifs is 3. The number of hydrogen-bond donors (Lipinski definition) is 0. The Morgan fingerprint density at radius 2 is 0.784 bits per heavy atom. The molecule has 0 spiro atoms. The molecule has 0 N–H and O–H groups in total. The molecule has 4 heteroatoms. The summed E-state index contributed by atoms with van der Waals surface area (Å²) in [6.45, 7) is 0. The van der Waals surface area contributed by atoms with Crippen LogP contribution in [-0.2, 0) is 11.5 Å². The van der Waals surface area contributed by atoms with Crippen LogP contribution in [0, 0.1) is 0 Å². The molecule has 0 saturated carbocycles. The Kier molecular flexibility index (Phi) is 8.28. The molecule has 8 aromatic rings. The van der Waals surface area contributed by atoms with Gasteiger partial charge in [0.25, 0.3) is 0 Å². The number of thioether (sulfide) groups is 1. The van der Waals surface area contributed by atoms with Crippen LogP contribution >= 0.6 is 11.8 Å². The van der Waals surface area contributed by atoms with Crippen LogP contribution < -0.4 is 0 Å². The predicted octanol–water partition coefficient (Wildman–Crippen LogP) is 12.3. The largest absolute Gasteiger partial charge is 0.264 e. The topological polar surface area (TPSA) is 38.7 Å². The van der Waals surface area contributed by atoms with E-state index in [-0.39, 0.29) is 0 Å². The lowest BCUT2D eigenvalue weighted by molar-refractivity contribution is 1.32. The first-order chi connectivity index (χ1) is 25.2. The van der Waals surface area contributed by atoms with E-state index in [9.17, 15) is 0 Å². The fraction of sp³-hybridized carbons (Fsp3) is 0.0426. The molecular weight excluding hydrogens is 639 g/mol. The minimum absolute atomic E-state index is 0.970. The van der Waals surface area contributed by atoms with Crippen molar-refractivity contribution >= 4 is 11.8 Å². The Hall–Kier alpha value is -6.10. The van der Waals surface area contributed by atoms with Gasteiger partial charge in [0.05, 0.1) is 11.4 Å². The summed E-state index contributed by atoms with van der Waals surface area (Å²) in [5.74, 6) is 1.95. The van der Waals surface area contributed by atoms with Crippen LogP contribution in [0.4, 0.5) is 0 Å². The van der Waals surface area contributed by atoms with Crippen molar-refractivity contribution in [3.8, 4) is 78.1 Å². The quantitative estimate of drug-likeness (QED) is 0.176. The molecule has 1 aliphatic heterocycles. The van der Waals surface area contributed by atoms with Crippen LogP contribution in [-0.4, -0.2) is 15.0 Å². The maximum atomic E-state index is 5.13. The zero-order valence-corrected chi connectivity index (χ0v) is 28.7. The van der Waals surface area contributed by atoms with E-state index in [1.54, 1.807) is 0 Å². The minimum Gasteiger partial charge on any atom is -0.264 e. The third kappa shape index (κ3) is 6.38. The van der Waals surface area contributed by atoms with Crippen molar-refractivity contribution in [2.45, 2.75) is 11.5 Å². The minimum atomic E-state index is 0.970. The molecule has 242 valence electrons. The molecule has 51 heavy (non-hydrogen) atoms. The van der Waals surface area contributed by atoms with Crippen LogP contribution in [0.3, 0.4) is 0 Å². The lowest BCUT2D eigenvalue weighted by Crippen LogP contribution is -1.94. The Balaban J connectivity index is 1.18. The monoisotopic (exact) mass is 671 g/mol. The van der Waals surface area contributed by atoms with Crippen LogP contribution in [0.5, 0.6) is 0 Å². The lowest BCUT2D eigenvalue weighted by atomic mass is 9.89. The molecule has 4 heterocycles. The summed E-state index contributed by atoms with van der Waals surface area (Å²) < 4.78 is 0. The average molecular weight is 672 g/mol. The summed E-state index contributed by atoms with van der Waals surface area (Å²) in [6, 6.07) is 54.5. The highest BCUT2D eigenvalue weighted by Crippen LogP contribution is 2.42. The van der Waals surface area contributed by atoms with Crippen molar-refractivity contribution in [3.05, 3.63) is 188 Å². The molecule has 0 fully saturated rings. The summed E-state index contributed by atoms with van der Waals surface area (Å²) >= 11 is 1.98. The number of aromatic nitrogens is 3. The molecule has 0 saturated heterocycles. The maximum Gasteiger partial charge on any atom is 0.0715 e. The first kappa shape index (κ1) is 30.9. The third-order valence-corrected chi connectivity index (χ3v) is 10.6. The first-order valence-electron chi connectivity index (χ1n) is 17.2. The summed E-state index contributed by atoms with van der Waals surface area (Å²) in [5.41, 5.74) is 18.6. The van der Waals surface area contributed by atoms with E-state index >= 15 is 0 Å². The predicted molar refractivity (Wildman–Crippen MR) is 213 cm³/mol. The van der Waals surface area contributed by atoms with Crippen LogP contribution in [0.2, 0.25) is 0 Å². The number of nitrogens with zero attached hydrogens (tertiary/aromatic N) is 3. The van der Waals surface area contributed by atoms with Gasteiger partial charge in [-0.2, -0.15) is 11.8 Å². The van der Waals surface area contributed by atoms with Crippen LogP contribution in [0.1, 0.15) is 11.1 Å². The van der Waals surface area contributed by atoms with Gasteiger partial charge in [-0.05, 0) is 110 Å². The number of rotatable bonds is 6. The number of pyridine rings is 3. The fourth-order valence-electron chi connectivity index (χ4n) is 6.94. The highest BCUT2D eigenvalue weighted by Gasteiger charge is 2.18. The van der Waals surface area contributed by atoms with Gasteiger partial charge in [-0.25, -0.2) is 4.98 Å². The molecule has 0 unspecified atom stereocenters. The van der Waals surface area contributed by atoms with Crippen LogP contribution in [0.25, 0.3) is 78.1 Å². The van der Waals surface area contributed by atoms with Crippen molar-refractivity contribution in [1.29, 1.82) is 0 Å². The third-order valence-electron chi connectivity index (χ3n) is 9.58. The lowest BCUT2D eigenvalue weighted by Gasteiger charge is -2.16. The molecular formula is C47H33N3S. The Morgan fingerprint density at radius 1 is 0.353 bits per heavy atom. The van der Waals surface area contributed by atoms with Gasteiger partial charge in [0.1, 0.15) is 0 Å². The standard InChI is InChI=1S/C47H33N3S/c1-3-9-32(10-4-1)46-26-43(27-47(50-46)33-11-5-2-6-12-33)35-16-18-39-31-51-30-38-17-15-34(24-44(38)45(39)25-35)40-21-41(36-13-7-19-48-28-36)23-42(22-40)37-14-8-20-49-29-37/h1-29H,30-31H2. The Labute approximate surface area is 302 Å². The average Bonchev–Trinajstić information content (AvgIpc) is 3.40. The highest BCUT2D eigenvalue weighted by atomic mass is 32.2. The van der Waals surface area contributed by atoms with E-state index in [0.717, 1.165) is 61.8 Å². The van der Waals surface area contributed by atoms with Gasteiger partial charge in [-0.15, -0.1) is 0 Å². The Bertz CT molecular complexity index is 2190. The molecule has 3 nitrogen and oxygen atoms in total. The van der Waals surface area contributed by atoms with Crippen LogP contribution in [0.15, 0.2) is 176 Å². The van der Waals surface area contributed by atoms with Crippen molar-refractivity contribution in [2.24, 2.45) is 0 Å². The van der Waals surface area contributed by atoms with E-state index in [0.29, 0.717) is 0 Å². The summed E-state index contributed by atoms with van der Waals surface area (Å²) in [5, 5.41) is 0. The van der Waals surface area contributed by atoms with Gasteiger partial charge in [0.15, 0.2) is 0 Å². The molecule has 9 rings (SSSR count). The van der Waals surface area contributed by atoms with Crippen molar-refractivity contribution in [2.75, 3.05) is 0 Å². The second-order valence-corrected chi connectivity index (χ2v) is 13.9. The Morgan fingerprint density at radius 3 is 1.24 bits per heavy atom. The van der Waals surface area contributed by atoms with Crippen molar-refractivity contribution in [3.63, 3.8) is 0 Å². The van der Waals surface area contributed by atoms with E-state index in [1.165, 1.54) is 38.9 Å². The van der Waals surface area contributed by atoms with E-state index in [1.807, 2.05) is 48.7 Å². The fourth-order valence-corrected chi connectivity index (χ4v) is 7.99. The second-order valence-electron chi connectivity index (χ2n) is 12.9. The molecule has 0 radical (unpaired) electrons. The van der Waals surface area contributed by atoms with Gasteiger partial charge >= 0.3 is 0 Å². The van der Waals surface area contributed by atoms with Crippen molar-refractivity contribution < 1.29 is 0 Å². The summed E-state index contributed by atoms with van der Waals surface area (Å²) in [4.78, 5) is 14.0. The van der Waals surface area contributed by atoms with E-state index in [2.05, 4.69) is 149 Å². The SMILES string of the molecule is c1ccc(-c2cc(-c3ccc4c(c3)-c3cc(-c5cc(-c6cccnc6)cc(-c6cccnc6)c5)ccc3CSC4)cc(-c3ccccc3)n2)cc1. The van der Waals surface area contributed by atoms with Crippen molar-refractivity contribution in [1.82, 2.24) is 15.0 Å². The number of hydrogen-bond acceptors (Lipinski definition) is 4. The van der Waals surface area contributed by atoms with Gasteiger partial charge in [-0.1, -0.05) is 97.1 Å². The molecule has 3 aromatic heterocycles. The zero-order chi connectivity index (χ0) is 34.0. The molecule has 5 aromatic carbocycles. The normalized spacial score (nSPS) is 12.1. The highest BCUT2D eigenvalue weighted by molar-refractivity contribution is 7.97. The molecule has 0 aliphatic carbocycles. The summed E-state index contributed by atoms with van der Waals surface area (Å²) in [7, 11) is 0. The van der Waals surface area contributed by atoms with E-state index in [4.69, 9.17) is 4.98 Å². The zero-order valence-electron chi connectivity index (χ0n) is 27.9.